The van der Waals surface area contributed by atoms with Gasteiger partial charge in [0.15, 0.2) is 0 Å². The lowest BCUT2D eigenvalue weighted by Crippen LogP contribution is -2.40. The highest BCUT2D eigenvalue weighted by atomic mass is 32.2. The highest BCUT2D eigenvalue weighted by molar-refractivity contribution is 7.89. The molecule has 1 aliphatic rings. The molecule has 0 aromatic heterocycles. The van der Waals surface area contributed by atoms with Gasteiger partial charge in [0.1, 0.15) is 0 Å². The Hall–Kier alpha value is -1.44. The Morgan fingerprint density at radius 2 is 2.05 bits per heavy atom. The van der Waals surface area contributed by atoms with E-state index >= 15 is 0 Å². The van der Waals surface area contributed by atoms with E-state index in [1.54, 1.807) is 0 Å². The van der Waals surface area contributed by atoms with E-state index in [9.17, 15) is 13.2 Å². The van der Waals surface area contributed by atoms with Crippen LogP contribution in [0.2, 0.25) is 0 Å². The normalized spacial score (nSPS) is 17.8. The topological polar surface area (TPSA) is 83.9 Å². The molecule has 0 bridgehead atoms. The van der Waals surface area contributed by atoms with Crippen LogP contribution in [-0.2, 0) is 14.8 Å². The monoisotopic (exact) mass is 313 g/mol. The summed E-state index contributed by atoms with van der Waals surface area (Å²) in [6.45, 7) is 3.33. The Morgan fingerprint density at radius 1 is 1.38 bits per heavy atom. The van der Waals surface area contributed by atoms with E-state index in [4.69, 9.17) is 9.84 Å². The summed E-state index contributed by atoms with van der Waals surface area (Å²) in [6.07, 6.45) is 1.42. The van der Waals surface area contributed by atoms with Gasteiger partial charge < -0.3 is 9.84 Å². The van der Waals surface area contributed by atoms with Gasteiger partial charge >= 0.3 is 5.97 Å². The van der Waals surface area contributed by atoms with Gasteiger partial charge in [0.2, 0.25) is 10.0 Å². The summed E-state index contributed by atoms with van der Waals surface area (Å²) in [5, 5.41) is 8.95. The molecule has 1 fully saturated rings. The zero-order valence-electron chi connectivity index (χ0n) is 11.9. The number of nitrogens with zero attached hydrogens (tertiary/aromatic N) is 1. The molecule has 1 heterocycles. The lowest BCUT2D eigenvalue weighted by Gasteiger charge is -2.31. The fourth-order valence-corrected chi connectivity index (χ4v) is 3.93. The van der Waals surface area contributed by atoms with E-state index in [0.717, 1.165) is 0 Å². The molecule has 1 N–H and O–H groups in total. The summed E-state index contributed by atoms with van der Waals surface area (Å²) in [4.78, 5) is 11.0. The van der Waals surface area contributed by atoms with Crippen LogP contribution < -0.4 is 0 Å². The van der Waals surface area contributed by atoms with Gasteiger partial charge in [-0.2, -0.15) is 4.31 Å². The molecule has 0 saturated carbocycles. The molecule has 1 aromatic carbocycles. The van der Waals surface area contributed by atoms with Gasteiger partial charge in [0.25, 0.3) is 0 Å². The number of carbonyl (C=O) groups is 1. The fourth-order valence-electron chi connectivity index (χ4n) is 2.41. The number of ether oxygens (including phenoxy) is 1. The molecule has 2 rings (SSSR count). The van der Waals surface area contributed by atoms with Gasteiger partial charge in [-0.15, -0.1) is 0 Å². The number of rotatable bonds is 5. The van der Waals surface area contributed by atoms with E-state index in [2.05, 4.69) is 0 Å². The highest BCUT2D eigenvalue weighted by Crippen LogP contribution is 2.22. The van der Waals surface area contributed by atoms with Crippen molar-refractivity contribution < 1.29 is 23.1 Å². The molecule has 6 nitrogen and oxygen atoms in total. The van der Waals surface area contributed by atoms with Crippen molar-refractivity contribution in [3.05, 3.63) is 29.8 Å². The van der Waals surface area contributed by atoms with Gasteiger partial charge in [0, 0.05) is 19.7 Å². The second-order valence-electron chi connectivity index (χ2n) is 4.89. The summed E-state index contributed by atoms with van der Waals surface area (Å²) in [5.41, 5.74) is -0.0275. The molecule has 0 unspecified atom stereocenters. The molecule has 0 radical (unpaired) electrons. The van der Waals surface area contributed by atoms with Crippen molar-refractivity contribution in [1.82, 2.24) is 4.31 Å². The number of benzene rings is 1. The quantitative estimate of drug-likeness (QED) is 0.892. The molecule has 0 atom stereocenters. The van der Waals surface area contributed by atoms with Gasteiger partial charge in [-0.25, -0.2) is 13.2 Å². The molecule has 1 saturated heterocycles. The number of carboxylic acid groups (broad SMARTS) is 1. The minimum Gasteiger partial charge on any atom is -0.478 e. The zero-order valence-corrected chi connectivity index (χ0v) is 12.7. The predicted molar refractivity (Wildman–Crippen MR) is 76.8 cm³/mol. The molecule has 7 heteroatoms. The number of carboxylic acids is 1. The van der Waals surface area contributed by atoms with Crippen molar-refractivity contribution in [3.8, 4) is 0 Å². The molecular weight excluding hydrogens is 294 g/mol. The molecule has 1 aliphatic heterocycles. The Bertz CT molecular complexity index is 606. The van der Waals surface area contributed by atoms with Crippen LogP contribution in [0.3, 0.4) is 0 Å². The number of aromatic carboxylic acids is 1. The average molecular weight is 313 g/mol. The minimum atomic E-state index is -3.64. The summed E-state index contributed by atoms with van der Waals surface area (Å²) >= 11 is 0. The smallest absolute Gasteiger partial charge is 0.335 e. The average Bonchev–Trinajstić information content (AvgIpc) is 2.48. The highest BCUT2D eigenvalue weighted by Gasteiger charge is 2.29. The van der Waals surface area contributed by atoms with E-state index < -0.39 is 16.0 Å². The van der Waals surface area contributed by atoms with E-state index in [-0.39, 0.29) is 16.6 Å². The second kappa shape index (κ2) is 6.55. The van der Waals surface area contributed by atoms with Gasteiger partial charge in [-0.1, -0.05) is 6.07 Å². The molecule has 1 aromatic rings. The van der Waals surface area contributed by atoms with E-state index in [1.165, 1.54) is 28.6 Å². The van der Waals surface area contributed by atoms with Crippen LogP contribution in [0, 0.1) is 0 Å². The second-order valence-corrected chi connectivity index (χ2v) is 6.83. The number of piperidine rings is 1. The molecule has 116 valence electrons. The lowest BCUT2D eigenvalue weighted by molar-refractivity contribution is 0.0290. The maximum atomic E-state index is 12.5. The molecule has 21 heavy (non-hydrogen) atoms. The summed E-state index contributed by atoms with van der Waals surface area (Å²) in [6, 6.07) is 5.45. The van der Waals surface area contributed by atoms with Crippen LogP contribution >= 0.6 is 0 Å². The van der Waals surface area contributed by atoms with Crippen LogP contribution in [0.4, 0.5) is 0 Å². The first kappa shape index (κ1) is 15.9. The zero-order chi connectivity index (χ0) is 15.5. The van der Waals surface area contributed by atoms with Crippen molar-refractivity contribution in [1.29, 1.82) is 0 Å². The Morgan fingerprint density at radius 3 is 2.62 bits per heavy atom. The van der Waals surface area contributed by atoms with Crippen molar-refractivity contribution in [2.45, 2.75) is 30.8 Å². The maximum absolute atomic E-state index is 12.5. The minimum absolute atomic E-state index is 0.0252. The molecule has 0 amide bonds. The van der Waals surface area contributed by atoms with E-state index in [0.29, 0.717) is 32.5 Å². The van der Waals surface area contributed by atoms with Gasteiger partial charge in [-0.05, 0) is 38.0 Å². The van der Waals surface area contributed by atoms with Crippen molar-refractivity contribution in [3.63, 3.8) is 0 Å². The Balaban J connectivity index is 2.16. The Kier molecular flexibility index (Phi) is 4.97. The van der Waals surface area contributed by atoms with Crippen molar-refractivity contribution in [2.75, 3.05) is 19.7 Å². The van der Waals surface area contributed by atoms with Crippen LogP contribution in [0.1, 0.15) is 30.1 Å². The third-order valence-electron chi connectivity index (χ3n) is 3.52. The van der Waals surface area contributed by atoms with Crippen LogP contribution in [0.5, 0.6) is 0 Å². The number of hydrogen-bond donors (Lipinski definition) is 1. The number of hydrogen-bond acceptors (Lipinski definition) is 4. The first-order chi connectivity index (χ1) is 9.95. The maximum Gasteiger partial charge on any atom is 0.335 e. The van der Waals surface area contributed by atoms with E-state index in [1.807, 2.05) is 6.92 Å². The third-order valence-corrected chi connectivity index (χ3v) is 5.42. The third kappa shape index (κ3) is 3.61. The van der Waals surface area contributed by atoms with Gasteiger partial charge in [-0.3, -0.25) is 0 Å². The van der Waals surface area contributed by atoms with Gasteiger partial charge in [0.05, 0.1) is 16.6 Å². The van der Waals surface area contributed by atoms with Crippen molar-refractivity contribution in [2.24, 2.45) is 0 Å². The van der Waals surface area contributed by atoms with Crippen LogP contribution in [0.25, 0.3) is 0 Å². The summed E-state index contributed by atoms with van der Waals surface area (Å²) in [7, 11) is -3.64. The molecule has 0 spiro atoms. The predicted octanol–water partition coefficient (Wildman–Crippen LogP) is 1.57. The van der Waals surface area contributed by atoms with Crippen LogP contribution in [-0.4, -0.2) is 49.6 Å². The largest absolute Gasteiger partial charge is 0.478 e. The Labute approximate surface area is 124 Å². The standard InChI is InChI=1S/C14H19NO5S/c1-2-20-12-6-8-15(9-7-12)21(18,19)13-5-3-4-11(10-13)14(16)17/h3-5,10,12H,2,6-9H2,1H3,(H,16,17). The molecular formula is C14H19NO5S. The summed E-state index contributed by atoms with van der Waals surface area (Å²) in [5.74, 6) is -1.14. The first-order valence-electron chi connectivity index (χ1n) is 6.90. The fraction of sp³-hybridized carbons (Fsp3) is 0.500. The SMILES string of the molecule is CCOC1CCN(S(=O)(=O)c2cccc(C(=O)O)c2)CC1. The summed E-state index contributed by atoms with van der Waals surface area (Å²) < 4.78 is 31.9. The molecule has 0 aliphatic carbocycles. The first-order valence-corrected chi connectivity index (χ1v) is 8.34. The number of sulfonamides is 1. The lowest BCUT2D eigenvalue weighted by atomic mass is 10.1. The van der Waals surface area contributed by atoms with Crippen LogP contribution in [0.15, 0.2) is 29.2 Å². The van der Waals surface area contributed by atoms with Crippen molar-refractivity contribution >= 4 is 16.0 Å².